The van der Waals surface area contributed by atoms with E-state index in [4.69, 9.17) is 4.42 Å². The third-order valence-electron chi connectivity index (χ3n) is 5.55. The van der Waals surface area contributed by atoms with Crippen molar-refractivity contribution >= 4 is 11.8 Å². The van der Waals surface area contributed by atoms with Gasteiger partial charge in [0.25, 0.3) is 0 Å². The molecular weight excluding hydrogens is 444 g/mol. The van der Waals surface area contributed by atoms with Crippen LogP contribution in [0.5, 0.6) is 0 Å². The largest absolute Gasteiger partial charge is 0.420 e. The maximum absolute atomic E-state index is 5.91. The van der Waals surface area contributed by atoms with Crippen LogP contribution < -0.4 is 0 Å². The molecule has 0 fully saturated rings. The first kappa shape index (κ1) is 22.0. The van der Waals surface area contributed by atoms with Gasteiger partial charge >= 0.3 is 0 Å². The van der Waals surface area contributed by atoms with E-state index in [1.807, 2.05) is 48.7 Å². The molecule has 0 spiro atoms. The van der Waals surface area contributed by atoms with Crippen LogP contribution in [0, 0.1) is 0 Å². The molecule has 5 aromatic rings. The minimum Gasteiger partial charge on any atom is -0.420 e. The van der Waals surface area contributed by atoms with Gasteiger partial charge in [0.1, 0.15) is 0 Å². The zero-order chi connectivity index (χ0) is 23.3. The molecule has 0 aliphatic heterocycles. The average molecular weight is 469 g/mol. The van der Waals surface area contributed by atoms with Gasteiger partial charge in [-0.3, -0.25) is 9.55 Å². The van der Waals surface area contributed by atoms with Gasteiger partial charge < -0.3 is 4.42 Å². The zero-order valence-corrected chi connectivity index (χ0v) is 19.9. The van der Waals surface area contributed by atoms with Crippen LogP contribution >= 0.6 is 11.8 Å². The lowest BCUT2D eigenvalue weighted by atomic mass is 10.0. The van der Waals surface area contributed by atoms with Crippen molar-refractivity contribution in [3.8, 4) is 28.5 Å². The summed E-state index contributed by atoms with van der Waals surface area (Å²) in [6.07, 6.45) is 5.39. The summed E-state index contributed by atoms with van der Waals surface area (Å²) in [6.45, 7) is 4.34. The molecule has 170 valence electrons. The summed E-state index contributed by atoms with van der Waals surface area (Å²) in [4.78, 5) is 4.29. The fourth-order valence-electron chi connectivity index (χ4n) is 3.88. The van der Waals surface area contributed by atoms with E-state index < -0.39 is 0 Å². The Morgan fingerprint density at radius 2 is 1.56 bits per heavy atom. The number of hydrogen-bond donors (Lipinski definition) is 0. The van der Waals surface area contributed by atoms with Gasteiger partial charge in [0.2, 0.25) is 11.8 Å². The lowest BCUT2D eigenvalue weighted by Gasteiger charge is -2.17. The Bertz CT molecular complexity index is 1360. The smallest absolute Gasteiger partial charge is 0.247 e. The van der Waals surface area contributed by atoms with Crippen LogP contribution in [0.4, 0.5) is 0 Å². The summed E-state index contributed by atoms with van der Waals surface area (Å²) < 4.78 is 8.05. The van der Waals surface area contributed by atoms with Crippen LogP contribution in [0.25, 0.3) is 28.5 Å². The summed E-state index contributed by atoms with van der Waals surface area (Å²) in [5.74, 6) is 2.31. The molecule has 0 bridgehead atoms. The summed E-state index contributed by atoms with van der Waals surface area (Å²) in [6, 6.07) is 20.1. The van der Waals surface area contributed by atoms with Gasteiger partial charge in [-0.2, -0.15) is 0 Å². The second-order valence-electron chi connectivity index (χ2n) is 7.67. The Kier molecular flexibility index (Phi) is 6.49. The molecule has 0 saturated carbocycles. The number of aromatic nitrogens is 6. The van der Waals surface area contributed by atoms with Crippen LogP contribution in [0.2, 0.25) is 0 Å². The van der Waals surface area contributed by atoms with Crippen molar-refractivity contribution in [2.75, 3.05) is 0 Å². The Morgan fingerprint density at radius 3 is 2.26 bits per heavy atom. The summed E-state index contributed by atoms with van der Waals surface area (Å²) in [5, 5.41) is 18.3. The van der Waals surface area contributed by atoms with E-state index in [0.29, 0.717) is 17.5 Å². The van der Waals surface area contributed by atoms with Gasteiger partial charge in [-0.05, 0) is 48.2 Å². The molecule has 3 heterocycles. The molecule has 0 radical (unpaired) electrons. The third kappa shape index (κ3) is 4.36. The summed E-state index contributed by atoms with van der Waals surface area (Å²) >= 11 is 1.53. The highest BCUT2D eigenvalue weighted by molar-refractivity contribution is 7.98. The number of thioether (sulfide) groups is 1. The predicted molar refractivity (Wildman–Crippen MR) is 133 cm³/mol. The first-order valence-corrected chi connectivity index (χ1v) is 12.2. The van der Waals surface area contributed by atoms with E-state index in [1.54, 1.807) is 6.20 Å². The van der Waals surface area contributed by atoms with Gasteiger partial charge in [0.05, 0.1) is 11.4 Å². The number of rotatable bonds is 8. The lowest BCUT2D eigenvalue weighted by molar-refractivity contribution is 0.528. The third-order valence-corrected chi connectivity index (χ3v) is 6.47. The number of nitrogens with zero attached hydrogens (tertiary/aromatic N) is 6. The number of para-hydroxylation sites is 1. The molecule has 0 amide bonds. The van der Waals surface area contributed by atoms with Crippen LogP contribution in [-0.2, 0) is 18.6 Å². The van der Waals surface area contributed by atoms with Crippen molar-refractivity contribution in [2.45, 2.75) is 37.6 Å². The van der Waals surface area contributed by atoms with Crippen molar-refractivity contribution < 1.29 is 4.42 Å². The van der Waals surface area contributed by atoms with Crippen LogP contribution in [-0.4, -0.2) is 29.9 Å². The summed E-state index contributed by atoms with van der Waals surface area (Å²) in [5.41, 5.74) is 5.44. The highest BCUT2D eigenvalue weighted by atomic mass is 32.2. The van der Waals surface area contributed by atoms with Crippen LogP contribution in [0.1, 0.15) is 30.9 Å². The standard InChI is InChI=1S/C26H24N6OS/c1-3-18-12-8-13-19(4-2)23(18)32-24(21-14-9-15-27-16-21)29-31-26(32)34-17-22-28-30-25(33-22)20-10-6-5-7-11-20/h5-16H,3-4,17H2,1-2H3. The van der Waals surface area contributed by atoms with Gasteiger partial charge in [-0.15, -0.1) is 20.4 Å². The molecule has 0 saturated heterocycles. The molecule has 0 atom stereocenters. The Morgan fingerprint density at radius 1 is 0.794 bits per heavy atom. The van der Waals surface area contributed by atoms with Gasteiger partial charge in [-0.25, -0.2) is 0 Å². The minimum absolute atomic E-state index is 0.487. The van der Waals surface area contributed by atoms with Crippen molar-refractivity contribution in [2.24, 2.45) is 0 Å². The molecule has 0 aliphatic rings. The Balaban J connectivity index is 1.53. The molecule has 2 aromatic carbocycles. The molecule has 3 aromatic heterocycles. The molecular formula is C26H24N6OS. The predicted octanol–water partition coefficient (Wildman–Crippen LogP) is 5.80. The Labute approximate surface area is 202 Å². The fraction of sp³-hybridized carbons (Fsp3) is 0.192. The number of benzene rings is 2. The molecule has 0 N–H and O–H groups in total. The molecule has 0 unspecified atom stereocenters. The molecule has 34 heavy (non-hydrogen) atoms. The SMILES string of the molecule is CCc1cccc(CC)c1-n1c(SCc2nnc(-c3ccccc3)o2)nnc1-c1cccnc1. The monoisotopic (exact) mass is 468 g/mol. The van der Waals surface area contributed by atoms with E-state index >= 15 is 0 Å². The second kappa shape index (κ2) is 10.0. The fourth-order valence-corrected chi connectivity index (χ4v) is 4.66. The van der Waals surface area contributed by atoms with E-state index in [9.17, 15) is 0 Å². The highest BCUT2D eigenvalue weighted by Crippen LogP contribution is 2.33. The second-order valence-corrected chi connectivity index (χ2v) is 8.61. The van der Waals surface area contributed by atoms with Crippen molar-refractivity contribution in [1.29, 1.82) is 0 Å². The number of pyridine rings is 1. The molecule has 0 aliphatic carbocycles. The number of hydrogen-bond acceptors (Lipinski definition) is 7. The molecule has 5 rings (SSSR count). The van der Waals surface area contributed by atoms with Crippen LogP contribution in [0.15, 0.2) is 82.6 Å². The lowest BCUT2D eigenvalue weighted by Crippen LogP contribution is -2.07. The van der Waals surface area contributed by atoms with Gasteiger partial charge in [-0.1, -0.05) is 62.0 Å². The molecule has 8 heteroatoms. The average Bonchev–Trinajstić information content (AvgIpc) is 3.55. The van der Waals surface area contributed by atoms with E-state index in [1.165, 1.54) is 22.9 Å². The maximum Gasteiger partial charge on any atom is 0.247 e. The first-order valence-electron chi connectivity index (χ1n) is 11.3. The van der Waals surface area contributed by atoms with Crippen molar-refractivity contribution in [3.63, 3.8) is 0 Å². The number of aryl methyl sites for hydroxylation is 2. The highest BCUT2D eigenvalue weighted by Gasteiger charge is 2.21. The topological polar surface area (TPSA) is 82.5 Å². The van der Waals surface area contributed by atoms with E-state index in [0.717, 1.165) is 40.6 Å². The maximum atomic E-state index is 5.91. The Hall–Kier alpha value is -3.78. The van der Waals surface area contributed by atoms with E-state index in [-0.39, 0.29) is 0 Å². The zero-order valence-electron chi connectivity index (χ0n) is 19.0. The van der Waals surface area contributed by atoms with Crippen LogP contribution in [0.3, 0.4) is 0 Å². The quantitative estimate of drug-likeness (QED) is 0.266. The first-order chi connectivity index (χ1) is 16.8. The van der Waals surface area contributed by atoms with Crippen molar-refractivity contribution in [1.82, 2.24) is 29.9 Å². The minimum atomic E-state index is 0.487. The normalized spacial score (nSPS) is 11.1. The van der Waals surface area contributed by atoms with Gasteiger partial charge in [0, 0.05) is 23.5 Å². The summed E-state index contributed by atoms with van der Waals surface area (Å²) in [7, 11) is 0. The molecule has 7 nitrogen and oxygen atoms in total. The van der Waals surface area contributed by atoms with Gasteiger partial charge in [0.15, 0.2) is 11.0 Å². The van der Waals surface area contributed by atoms with Crippen molar-refractivity contribution in [3.05, 3.63) is 90.1 Å². The van der Waals surface area contributed by atoms with E-state index in [2.05, 4.69) is 62.0 Å².